The van der Waals surface area contributed by atoms with Crippen molar-refractivity contribution in [3.05, 3.63) is 0 Å². The molecule has 0 unspecified atom stereocenters. The number of thiocarbonyl (C=S) groups is 1. The third-order valence-corrected chi connectivity index (χ3v) is 3.28. The highest BCUT2D eigenvalue weighted by Crippen LogP contribution is 2.27. The van der Waals surface area contributed by atoms with Crippen molar-refractivity contribution in [3.63, 3.8) is 0 Å². The molecule has 108 valence electrons. The quantitative estimate of drug-likeness (QED) is 0.246. The molecule has 0 bridgehead atoms. The van der Waals surface area contributed by atoms with Crippen molar-refractivity contribution in [1.82, 2.24) is 5.43 Å². The van der Waals surface area contributed by atoms with Crippen molar-refractivity contribution in [2.45, 2.75) is 58.5 Å². The molecule has 0 aliphatic carbocycles. The first kappa shape index (κ1) is 15.9. The Morgan fingerprint density at radius 1 is 1.58 bits per heavy atom. The average molecular weight is 285 g/mol. The van der Waals surface area contributed by atoms with Crippen LogP contribution in [-0.4, -0.2) is 22.9 Å². The molecule has 6 heteroatoms. The molecule has 0 aromatic carbocycles. The van der Waals surface area contributed by atoms with Crippen molar-refractivity contribution >= 4 is 29.0 Å². The Morgan fingerprint density at radius 2 is 2.32 bits per heavy atom. The maximum atomic E-state index is 11.7. The number of rotatable bonds is 7. The zero-order valence-corrected chi connectivity index (χ0v) is 12.5. The van der Waals surface area contributed by atoms with E-state index in [1.807, 2.05) is 6.92 Å². The second kappa shape index (κ2) is 8.09. The molecule has 2 atom stereocenters. The molecular formula is C13H23N3O2S. The minimum atomic E-state index is -0.105. The maximum Gasteiger partial charge on any atom is 0.309 e. The third-order valence-electron chi connectivity index (χ3n) is 3.19. The van der Waals surface area contributed by atoms with Gasteiger partial charge in [-0.15, -0.1) is 0 Å². The number of hydrogen-bond donors (Lipinski definition) is 2. The molecule has 1 heterocycles. The number of carbonyl (C=O) groups excluding carboxylic acids is 1. The van der Waals surface area contributed by atoms with Crippen LogP contribution in [0.4, 0.5) is 0 Å². The summed E-state index contributed by atoms with van der Waals surface area (Å²) in [4.78, 5) is 11.7. The fraction of sp³-hybridized carbons (Fsp3) is 0.769. The van der Waals surface area contributed by atoms with Crippen molar-refractivity contribution in [3.8, 4) is 0 Å². The lowest BCUT2D eigenvalue weighted by Crippen LogP contribution is -2.25. The summed E-state index contributed by atoms with van der Waals surface area (Å²) in [5, 5.41) is 4.15. The van der Waals surface area contributed by atoms with E-state index in [2.05, 4.69) is 29.7 Å². The first-order chi connectivity index (χ1) is 9.02. The van der Waals surface area contributed by atoms with Crippen LogP contribution >= 0.6 is 12.2 Å². The Kier molecular flexibility index (Phi) is 6.77. The summed E-state index contributed by atoms with van der Waals surface area (Å²) in [7, 11) is 0. The van der Waals surface area contributed by atoms with Crippen LogP contribution in [0.1, 0.15) is 52.4 Å². The predicted molar refractivity (Wildman–Crippen MR) is 79.8 cm³/mol. The Labute approximate surface area is 120 Å². The Hall–Kier alpha value is -1.17. The SMILES string of the molecule is CCCCC[C@@H]1C[C@@H](C/C(C)=N\NC(N)=S)C(=O)O1. The third kappa shape index (κ3) is 6.00. The van der Waals surface area contributed by atoms with Gasteiger partial charge in [0, 0.05) is 12.1 Å². The smallest absolute Gasteiger partial charge is 0.309 e. The second-order valence-electron chi connectivity index (χ2n) is 5.01. The molecule has 1 saturated heterocycles. The molecule has 3 N–H and O–H groups in total. The number of hydrazone groups is 1. The molecule has 0 aromatic rings. The number of nitrogens with one attached hydrogen (secondary N) is 1. The van der Waals surface area contributed by atoms with Crippen molar-refractivity contribution in [2.75, 3.05) is 0 Å². The van der Waals surface area contributed by atoms with E-state index in [1.165, 1.54) is 12.8 Å². The van der Waals surface area contributed by atoms with E-state index in [0.29, 0.717) is 6.42 Å². The summed E-state index contributed by atoms with van der Waals surface area (Å²) in [6, 6.07) is 0. The standard InChI is InChI=1S/C13H23N3O2S/c1-3-4-5-6-11-8-10(12(17)18-11)7-9(2)15-16-13(14)19/h10-11H,3-8H2,1-2H3,(H3,14,16,19)/b15-9-/t10-,11-/m1/s1. The van der Waals surface area contributed by atoms with Crippen molar-refractivity contribution < 1.29 is 9.53 Å². The zero-order valence-electron chi connectivity index (χ0n) is 11.6. The van der Waals surface area contributed by atoms with Crippen LogP contribution in [0.25, 0.3) is 0 Å². The van der Waals surface area contributed by atoms with Gasteiger partial charge >= 0.3 is 5.97 Å². The van der Waals surface area contributed by atoms with Crippen LogP contribution < -0.4 is 11.2 Å². The van der Waals surface area contributed by atoms with E-state index in [4.69, 9.17) is 10.5 Å². The number of esters is 1. The van der Waals surface area contributed by atoms with Gasteiger partial charge in [0.25, 0.3) is 0 Å². The average Bonchev–Trinajstić information content (AvgIpc) is 2.68. The molecule has 0 spiro atoms. The monoisotopic (exact) mass is 285 g/mol. The molecule has 1 aliphatic rings. The molecule has 1 fully saturated rings. The summed E-state index contributed by atoms with van der Waals surface area (Å²) in [5.41, 5.74) is 8.63. The van der Waals surface area contributed by atoms with Gasteiger partial charge in [-0.2, -0.15) is 5.10 Å². The predicted octanol–water partition coefficient (Wildman–Crippen LogP) is 2.10. The van der Waals surface area contributed by atoms with E-state index in [9.17, 15) is 4.79 Å². The number of cyclic esters (lactones) is 1. The number of ether oxygens (including phenoxy) is 1. The lowest BCUT2D eigenvalue weighted by Gasteiger charge is -2.07. The summed E-state index contributed by atoms with van der Waals surface area (Å²) < 4.78 is 5.38. The Bertz CT molecular complexity index is 358. The highest BCUT2D eigenvalue weighted by atomic mass is 32.1. The summed E-state index contributed by atoms with van der Waals surface area (Å²) in [6.07, 6.45) is 5.94. The molecule has 0 radical (unpaired) electrons. The number of nitrogens with zero attached hydrogens (tertiary/aromatic N) is 1. The zero-order chi connectivity index (χ0) is 14.3. The maximum absolute atomic E-state index is 11.7. The van der Waals surface area contributed by atoms with Crippen molar-refractivity contribution in [2.24, 2.45) is 16.8 Å². The lowest BCUT2D eigenvalue weighted by molar-refractivity contribution is -0.144. The lowest BCUT2D eigenvalue weighted by atomic mass is 9.97. The second-order valence-corrected chi connectivity index (χ2v) is 5.45. The van der Waals surface area contributed by atoms with E-state index in [-0.39, 0.29) is 23.1 Å². The van der Waals surface area contributed by atoms with Crippen molar-refractivity contribution in [1.29, 1.82) is 0 Å². The van der Waals surface area contributed by atoms with Gasteiger partial charge in [-0.25, -0.2) is 0 Å². The Balaban J connectivity index is 2.36. The van der Waals surface area contributed by atoms with E-state index in [0.717, 1.165) is 25.0 Å². The molecule has 0 saturated carbocycles. The molecule has 1 aliphatic heterocycles. The van der Waals surface area contributed by atoms with Gasteiger partial charge in [0.15, 0.2) is 5.11 Å². The van der Waals surface area contributed by atoms with Crippen LogP contribution in [0.3, 0.4) is 0 Å². The molecule has 19 heavy (non-hydrogen) atoms. The largest absolute Gasteiger partial charge is 0.462 e. The van der Waals surface area contributed by atoms with E-state index >= 15 is 0 Å². The number of nitrogens with two attached hydrogens (primary N) is 1. The van der Waals surface area contributed by atoms with E-state index < -0.39 is 0 Å². The number of unbranched alkanes of at least 4 members (excludes halogenated alkanes) is 2. The van der Waals surface area contributed by atoms with Gasteiger partial charge in [-0.05, 0) is 38.4 Å². The summed E-state index contributed by atoms with van der Waals surface area (Å²) in [6.45, 7) is 4.02. The molecule has 5 nitrogen and oxygen atoms in total. The number of carbonyl (C=O) groups is 1. The molecule has 1 rings (SSSR count). The fourth-order valence-electron chi connectivity index (χ4n) is 2.24. The first-order valence-electron chi connectivity index (χ1n) is 6.82. The molecule has 0 aromatic heterocycles. The summed E-state index contributed by atoms with van der Waals surface area (Å²) in [5.74, 6) is -0.185. The van der Waals surface area contributed by atoms with Gasteiger partial charge in [-0.3, -0.25) is 10.2 Å². The van der Waals surface area contributed by atoms with Crippen LogP contribution in [0.2, 0.25) is 0 Å². The fourth-order valence-corrected chi connectivity index (χ4v) is 2.29. The normalized spacial score (nSPS) is 23.3. The van der Waals surface area contributed by atoms with Gasteiger partial charge < -0.3 is 10.5 Å². The highest BCUT2D eigenvalue weighted by molar-refractivity contribution is 7.80. The van der Waals surface area contributed by atoms with E-state index in [1.54, 1.807) is 0 Å². The van der Waals surface area contributed by atoms with Crippen LogP contribution in [0.15, 0.2) is 5.10 Å². The van der Waals surface area contributed by atoms with Crippen LogP contribution in [-0.2, 0) is 9.53 Å². The minimum absolute atomic E-state index is 0.0801. The van der Waals surface area contributed by atoms with Gasteiger partial charge in [0.1, 0.15) is 6.10 Å². The van der Waals surface area contributed by atoms with Gasteiger partial charge in [-0.1, -0.05) is 19.8 Å². The summed E-state index contributed by atoms with van der Waals surface area (Å²) >= 11 is 4.67. The van der Waals surface area contributed by atoms with Crippen LogP contribution in [0.5, 0.6) is 0 Å². The Morgan fingerprint density at radius 3 is 2.95 bits per heavy atom. The first-order valence-corrected chi connectivity index (χ1v) is 7.22. The van der Waals surface area contributed by atoms with Gasteiger partial charge in [0.2, 0.25) is 0 Å². The van der Waals surface area contributed by atoms with Crippen LogP contribution in [0, 0.1) is 5.92 Å². The van der Waals surface area contributed by atoms with Gasteiger partial charge in [0.05, 0.1) is 5.92 Å². The molecule has 0 amide bonds. The minimum Gasteiger partial charge on any atom is -0.462 e. The number of hydrogen-bond acceptors (Lipinski definition) is 4. The topological polar surface area (TPSA) is 76.7 Å². The highest BCUT2D eigenvalue weighted by Gasteiger charge is 2.34. The molecular weight excluding hydrogens is 262 g/mol.